The maximum Gasteiger partial charge on any atom is 0.326 e. The lowest BCUT2D eigenvalue weighted by Crippen LogP contribution is -2.44. The van der Waals surface area contributed by atoms with Crippen LogP contribution in [0.1, 0.15) is 33.1 Å². The van der Waals surface area contributed by atoms with E-state index in [0.717, 1.165) is 6.42 Å². The Morgan fingerprint density at radius 3 is 2.33 bits per heavy atom. The molecule has 0 aromatic carbocycles. The molecule has 0 aliphatic heterocycles. The van der Waals surface area contributed by atoms with Gasteiger partial charge in [-0.15, -0.1) is 0 Å². The topological polar surface area (TPSA) is 92.4 Å². The molecule has 0 unspecified atom stereocenters. The van der Waals surface area contributed by atoms with Crippen molar-refractivity contribution >= 4 is 11.9 Å². The quantitative estimate of drug-likeness (QED) is 0.535. The first-order valence-corrected chi connectivity index (χ1v) is 5.21. The predicted octanol–water partition coefficient (Wildman–Crippen LogP) is 0.341. The maximum atomic E-state index is 11.3. The minimum Gasteiger partial charge on any atom is -0.480 e. The first-order chi connectivity index (χ1) is 6.99. The number of nitrogens with one attached hydrogen (secondary N) is 1. The lowest BCUT2D eigenvalue weighted by atomic mass is 10.0. The summed E-state index contributed by atoms with van der Waals surface area (Å²) in [6.45, 7) is 4.08. The molecule has 1 amide bonds. The van der Waals surface area contributed by atoms with E-state index in [0.29, 0.717) is 19.4 Å². The highest BCUT2D eigenvalue weighted by atomic mass is 16.4. The van der Waals surface area contributed by atoms with Crippen LogP contribution in [0.15, 0.2) is 0 Å². The van der Waals surface area contributed by atoms with Gasteiger partial charge in [0.05, 0.1) is 0 Å². The monoisotopic (exact) mass is 216 g/mol. The van der Waals surface area contributed by atoms with Crippen molar-refractivity contribution < 1.29 is 14.7 Å². The van der Waals surface area contributed by atoms with Gasteiger partial charge in [-0.1, -0.05) is 13.8 Å². The van der Waals surface area contributed by atoms with Gasteiger partial charge in [0.2, 0.25) is 5.91 Å². The number of carboxylic acids is 1. The summed E-state index contributed by atoms with van der Waals surface area (Å²) in [5, 5.41) is 11.3. The second kappa shape index (κ2) is 7.23. The Morgan fingerprint density at radius 2 is 1.93 bits per heavy atom. The third-order valence-corrected chi connectivity index (χ3v) is 2.11. The number of rotatable bonds is 7. The second-order valence-corrected chi connectivity index (χ2v) is 3.87. The number of aliphatic carboxylic acids is 1. The molecular weight excluding hydrogens is 196 g/mol. The van der Waals surface area contributed by atoms with Gasteiger partial charge >= 0.3 is 5.97 Å². The van der Waals surface area contributed by atoms with Gasteiger partial charge in [0.25, 0.3) is 0 Å². The van der Waals surface area contributed by atoms with Crippen molar-refractivity contribution in [3.05, 3.63) is 0 Å². The molecule has 5 heteroatoms. The van der Waals surface area contributed by atoms with Crippen molar-refractivity contribution in [3.8, 4) is 0 Å². The van der Waals surface area contributed by atoms with Crippen LogP contribution in [-0.2, 0) is 9.59 Å². The van der Waals surface area contributed by atoms with E-state index in [-0.39, 0.29) is 11.8 Å². The van der Waals surface area contributed by atoms with E-state index in [2.05, 4.69) is 5.32 Å². The van der Waals surface area contributed by atoms with Crippen molar-refractivity contribution in [1.82, 2.24) is 5.32 Å². The highest BCUT2D eigenvalue weighted by Gasteiger charge is 2.22. The van der Waals surface area contributed by atoms with Crippen LogP contribution in [0.25, 0.3) is 0 Å². The lowest BCUT2D eigenvalue weighted by Gasteiger charge is -2.17. The van der Waals surface area contributed by atoms with E-state index in [9.17, 15) is 9.59 Å². The zero-order valence-electron chi connectivity index (χ0n) is 9.32. The average Bonchev–Trinajstić information content (AvgIpc) is 2.13. The Hall–Kier alpha value is -1.10. The van der Waals surface area contributed by atoms with Crippen molar-refractivity contribution in [2.45, 2.75) is 39.2 Å². The molecule has 5 nitrogen and oxygen atoms in total. The SMILES string of the molecule is CC(C)[C@H](NC(=O)CCCCN)C(=O)O. The standard InChI is InChI=1S/C10H20N2O3/c1-7(2)9(10(14)15)12-8(13)5-3-4-6-11/h7,9H,3-6,11H2,1-2H3,(H,12,13)(H,14,15)/t9-/m0/s1. The molecule has 0 spiro atoms. The summed E-state index contributed by atoms with van der Waals surface area (Å²) in [4.78, 5) is 22.1. The molecule has 0 rings (SSSR count). The van der Waals surface area contributed by atoms with E-state index < -0.39 is 12.0 Å². The minimum absolute atomic E-state index is 0.110. The van der Waals surface area contributed by atoms with Gasteiger partial charge in [0.15, 0.2) is 0 Å². The van der Waals surface area contributed by atoms with Gasteiger partial charge in [0, 0.05) is 6.42 Å². The first-order valence-electron chi connectivity index (χ1n) is 5.21. The van der Waals surface area contributed by atoms with Gasteiger partial charge in [-0.2, -0.15) is 0 Å². The Kier molecular flexibility index (Phi) is 6.70. The smallest absolute Gasteiger partial charge is 0.326 e. The molecule has 1 atom stereocenters. The summed E-state index contributed by atoms with van der Waals surface area (Å²) in [5.74, 6) is -1.32. The van der Waals surface area contributed by atoms with E-state index in [1.807, 2.05) is 0 Å². The van der Waals surface area contributed by atoms with Crippen LogP contribution < -0.4 is 11.1 Å². The minimum atomic E-state index is -0.989. The summed E-state index contributed by atoms with van der Waals surface area (Å²) in [6.07, 6.45) is 1.83. The molecule has 0 aliphatic carbocycles. The molecule has 88 valence electrons. The normalized spacial score (nSPS) is 12.5. The van der Waals surface area contributed by atoms with Crippen LogP contribution in [0, 0.1) is 5.92 Å². The van der Waals surface area contributed by atoms with Gasteiger partial charge in [0.1, 0.15) is 6.04 Å². The zero-order valence-corrected chi connectivity index (χ0v) is 9.32. The van der Waals surface area contributed by atoms with Crippen LogP contribution in [0.2, 0.25) is 0 Å². The number of unbranched alkanes of at least 4 members (excludes halogenated alkanes) is 1. The van der Waals surface area contributed by atoms with E-state index in [1.54, 1.807) is 13.8 Å². The summed E-state index contributed by atoms with van der Waals surface area (Å²) in [7, 11) is 0. The number of nitrogens with two attached hydrogens (primary N) is 1. The molecule has 4 N–H and O–H groups in total. The molecule has 0 radical (unpaired) electrons. The Balaban J connectivity index is 3.95. The number of carbonyl (C=O) groups is 2. The van der Waals surface area contributed by atoms with Crippen molar-refractivity contribution in [2.24, 2.45) is 11.7 Å². The number of carboxylic acid groups (broad SMARTS) is 1. The third-order valence-electron chi connectivity index (χ3n) is 2.11. The van der Waals surface area contributed by atoms with Crippen LogP contribution in [0.5, 0.6) is 0 Å². The molecule has 0 aromatic heterocycles. The second-order valence-electron chi connectivity index (χ2n) is 3.87. The molecular formula is C10H20N2O3. The highest BCUT2D eigenvalue weighted by molar-refractivity contribution is 5.83. The molecule has 0 bridgehead atoms. The number of hydrogen-bond donors (Lipinski definition) is 3. The van der Waals surface area contributed by atoms with E-state index in [4.69, 9.17) is 10.8 Å². The first kappa shape index (κ1) is 13.9. The van der Waals surface area contributed by atoms with Crippen LogP contribution >= 0.6 is 0 Å². The molecule has 0 saturated heterocycles. The van der Waals surface area contributed by atoms with Crippen LogP contribution in [0.3, 0.4) is 0 Å². The van der Waals surface area contributed by atoms with Gasteiger partial charge in [-0.3, -0.25) is 4.79 Å². The average molecular weight is 216 g/mol. The molecule has 15 heavy (non-hydrogen) atoms. The molecule has 0 saturated carbocycles. The van der Waals surface area contributed by atoms with Gasteiger partial charge in [-0.25, -0.2) is 4.79 Å². The van der Waals surface area contributed by atoms with Crippen LogP contribution in [-0.4, -0.2) is 29.6 Å². The fourth-order valence-corrected chi connectivity index (χ4v) is 1.19. The fraction of sp³-hybridized carbons (Fsp3) is 0.800. The van der Waals surface area contributed by atoms with Crippen molar-refractivity contribution in [3.63, 3.8) is 0 Å². The summed E-state index contributed by atoms with van der Waals surface area (Å²) < 4.78 is 0. The maximum absolute atomic E-state index is 11.3. The summed E-state index contributed by atoms with van der Waals surface area (Å²) in [6, 6.07) is -0.796. The van der Waals surface area contributed by atoms with Crippen molar-refractivity contribution in [2.75, 3.05) is 6.54 Å². The van der Waals surface area contributed by atoms with Crippen LogP contribution in [0.4, 0.5) is 0 Å². The van der Waals surface area contributed by atoms with Crippen molar-refractivity contribution in [1.29, 1.82) is 0 Å². The summed E-state index contributed by atoms with van der Waals surface area (Å²) >= 11 is 0. The Bertz CT molecular complexity index is 217. The molecule has 0 aromatic rings. The highest BCUT2D eigenvalue weighted by Crippen LogP contribution is 2.03. The lowest BCUT2D eigenvalue weighted by molar-refractivity contribution is -0.143. The Morgan fingerprint density at radius 1 is 1.33 bits per heavy atom. The third kappa shape index (κ3) is 6.06. The van der Waals surface area contributed by atoms with E-state index >= 15 is 0 Å². The number of hydrogen-bond acceptors (Lipinski definition) is 3. The number of amides is 1. The largest absolute Gasteiger partial charge is 0.480 e. The molecule has 0 aliphatic rings. The zero-order chi connectivity index (χ0) is 11.8. The number of carbonyl (C=O) groups excluding carboxylic acids is 1. The Labute approximate surface area is 90.0 Å². The molecule has 0 fully saturated rings. The van der Waals surface area contributed by atoms with Gasteiger partial charge < -0.3 is 16.2 Å². The fourth-order valence-electron chi connectivity index (χ4n) is 1.19. The van der Waals surface area contributed by atoms with E-state index in [1.165, 1.54) is 0 Å². The molecule has 0 heterocycles. The van der Waals surface area contributed by atoms with Gasteiger partial charge in [-0.05, 0) is 25.3 Å². The summed E-state index contributed by atoms with van der Waals surface area (Å²) in [5.41, 5.74) is 5.29. The predicted molar refractivity (Wildman–Crippen MR) is 57.3 cm³/mol.